The van der Waals surface area contributed by atoms with E-state index < -0.39 is 23.7 Å². The molecule has 2 aliphatic carbocycles. The van der Waals surface area contributed by atoms with E-state index in [1.54, 1.807) is 0 Å². The molecule has 0 saturated heterocycles. The van der Waals surface area contributed by atoms with Gasteiger partial charge in [-0.2, -0.15) is 13.2 Å². The van der Waals surface area contributed by atoms with Crippen molar-refractivity contribution in [3.63, 3.8) is 0 Å². The quantitative estimate of drug-likeness (QED) is 0.755. The number of ether oxygens (including phenoxy) is 1. The molecular formula is C10H14F3NO2. The Labute approximate surface area is 91.3 Å². The Hall–Kier alpha value is -0.780. The van der Waals surface area contributed by atoms with Crippen LogP contribution in [0.1, 0.15) is 25.7 Å². The van der Waals surface area contributed by atoms with Crippen LogP contribution >= 0.6 is 0 Å². The lowest BCUT2D eigenvalue weighted by Gasteiger charge is -2.25. The van der Waals surface area contributed by atoms with Gasteiger partial charge in [-0.3, -0.25) is 10.1 Å². The molecule has 2 aliphatic rings. The zero-order valence-corrected chi connectivity index (χ0v) is 8.93. The predicted molar refractivity (Wildman–Crippen MR) is 49.7 cm³/mol. The molecule has 0 aliphatic heterocycles. The van der Waals surface area contributed by atoms with Crippen LogP contribution in [-0.4, -0.2) is 30.8 Å². The molecular weight excluding hydrogens is 223 g/mol. The summed E-state index contributed by atoms with van der Waals surface area (Å²) in [6, 6.07) is -0.797. The number of nitrogens with one attached hydrogen (secondary N) is 1. The second-order valence-corrected chi connectivity index (χ2v) is 4.56. The van der Waals surface area contributed by atoms with Gasteiger partial charge in [0.15, 0.2) is 0 Å². The van der Waals surface area contributed by atoms with Crippen molar-refractivity contribution in [3.8, 4) is 0 Å². The van der Waals surface area contributed by atoms with Crippen molar-refractivity contribution < 1.29 is 22.7 Å². The molecule has 0 bridgehead atoms. The summed E-state index contributed by atoms with van der Waals surface area (Å²) in [6.45, 7) is 0. The lowest BCUT2D eigenvalue weighted by atomic mass is 10.1. The first-order valence-electron chi connectivity index (χ1n) is 5.32. The van der Waals surface area contributed by atoms with Gasteiger partial charge < -0.3 is 4.74 Å². The lowest BCUT2D eigenvalue weighted by molar-refractivity contribution is -0.171. The van der Waals surface area contributed by atoms with E-state index >= 15 is 0 Å². The van der Waals surface area contributed by atoms with E-state index in [-0.39, 0.29) is 18.8 Å². The standard InChI is InChI=1S/C10H14F3NO2/c1-16-8(15)7(6-2-3-6)14-9(4-5-9)10(11,12)13/h6-7,14H,2-5H2,1H3. The van der Waals surface area contributed by atoms with Gasteiger partial charge in [0.25, 0.3) is 0 Å². The second-order valence-electron chi connectivity index (χ2n) is 4.56. The number of halogens is 3. The van der Waals surface area contributed by atoms with E-state index in [1.807, 2.05) is 0 Å². The molecule has 3 nitrogen and oxygen atoms in total. The maximum absolute atomic E-state index is 12.7. The van der Waals surface area contributed by atoms with Gasteiger partial charge in [0.05, 0.1) is 7.11 Å². The van der Waals surface area contributed by atoms with Crippen molar-refractivity contribution >= 4 is 5.97 Å². The first-order chi connectivity index (χ1) is 7.39. The number of carbonyl (C=O) groups is 1. The Morgan fingerprint density at radius 3 is 2.31 bits per heavy atom. The van der Waals surface area contributed by atoms with E-state index in [9.17, 15) is 18.0 Å². The minimum Gasteiger partial charge on any atom is -0.468 e. The first-order valence-corrected chi connectivity index (χ1v) is 5.32. The average molecular weight is 237 g/mol. The third kappa shape index (κ3) is 2.03. The number of hydrogen-bond acceptors (Lipinski definition) is 3. The molecule has 16 heavy (non-hydrogen) atoms. The number of methoxy groups -OCH3 is 1. The van der Waals surface area contributed by atoms with Gasteiger partial charge in [0.1, 0.15) is 11.6 Å². The van der Waals surface area contributed by atoms with Crippen LogP contribution in [0, 0.1) is 5.92 Å². The van der Waals surface area contributed by atoms with Crippen molar-refractivity contribution in [2.75, 3.05) is 7.11 Å². The highest BCUT2D eigenvalue weighted by atomic mass is 19.4. The van der Waals surface area contributed by atoms with Gasteiger partial charge >= 0.3 is 12.1 Å². The van der Waals surface area contributed by atoms with Gasteiger partial charge in [-0.25, -0.2) is 0 Å². The van der Waals surface area contributed by atoms with Crippen LogP contribution in [-0.2, 0) is 9.53 Å². The minimum atomic E-state index is -4.28. The third-order valence-electron chi connectivity index (χ3n) is 3.27. The number of alkyl halides is 3. The highest BCUT2D eigenvalue weighted by molar-refractivity contribution is 5.76. The van der Waals surface area contributed by atoms with Crippen LogP contribution < -0.4 is 5.32 Å². The van der Waals surface area contributed by atoms with Crippen LogP contribution in [0.15, 0.2) is 0 Å². The van der Waals surface area contributed by atoms with Gasteiger partial charge in [0, 0.05) is 0 Å². The van der Waals surface area contributed by atoms with Crippen LogP contribution in [0.4, 0.5) is 13.2 Å². The fourth-order valence-corrected chi connectivity index (χ4v) is 1.86. The molecule has 92 valence electrons. The molecule has 6 heteroatoms. The van der Waals surface area contributed by atoms with Gasteiger partial charge in [-0.15, -0.1) is 0 Å². The van der Waals surface area contributed by atoms with E-state index in [1.165, 1.54) is 7.11 Å². The van der Waals surface area contributed by atoms with Gasteiger partial charge in [0.2, 0.25) is 0 Å². The Kier molecular flexibility index (Phi) is 2.64. The normalized spacial score (nSPS) is 25.0. The zero-order chi connectivity index (χ0) is 12.0. The molecule has 0 heterocycles. The number of esters is 1. The summed E-state index contributed by atoms with van der Waals surface area (Å²) >= 11 is 0. The number of carbonyl (C=O) groups excluding carboxylic acids is 1. The fraction of sp³-hybridized carbons (Fsp3) is 0.900. The molecule has 2 rings (SSSR count). The smallest absolute Gasteiger partial charge is 0.406 e. The van der Waals surface area contributed by atoms with Crippen molar-refractivity contribution in [2.24, 2.45) is 5.92 Å². The maximum atomic E-state index is 12.7. The summed E-state index contributed by atoms with van der Waals surface area (Å²) in [6.07, 6.45) is -2.59. The van der Waals surface area contributed by atoms with E-state index in [0.29, 0.717) is 0 Å². The van der Waals surface area contributed by atoms with Crippen LogP contribution in [0.5, 0.6) is 0 Å². The monoisotopic (exact) mass is 237 g/mol. The Bertz CT molecular complexity index is 295. The molecule has 0 aromatic carbocycles. The summed E-state index contributed by atoms with van der Waals surface area (Å²) in [5, 5.41) is 2.46. The van der Waals surface area contributed by atoms with Crippen molar-refractivity contribution in [2.45, 2.75) is 43.4 Å². The Morgan fingerprint density at radius 1 is 1.44 bits per heavy atom. The molecule has 1 unspecified atom stereocenters. The molecule has 0 aromatic rings. The molecule has 1 atom stereocenters. The van der Waals surface area contributed by atoms with Gasteiger partial charge in [-0.05, 0) is 31.6 Å². The van der Waals surface area contributed by atoms with E-state index in [0.717, 1.165) is 12.8 Å². The Balaban J connectivity index is 2.04. The molecule has 2 saturated carbocycles. The first kappa shape index (κ1) is 11.7. The summed E-state index contributed by atoms with van der Waals surface area (Å²) in [5.41, 5.74) is -1.84. The lowest BCUT2D eigenvalue weighted by Crippen LogP contribution is -2.53. The van der Waals surface area contributed by atoms with E-state index in [2.05, 4.69) is 10.1 Å². The summed E-state index contributed by atoms with van der Waals surface area (Å²) in [4.78, 5) is 11.4. The fourth-order valence-electron chi connectivity index (χ4n) is 1.86. The van der Waals surface area contributed by atoms with Crippen molar-refractivity contribution in [3.05, 3.63) is 0 Å². The maximum Gasteiger partial charge on any atom is 0.406 e. The minimum absolute atomic E-state index is 0.00674. The zero-order valence-electron chi connectivity index (χ0n) is 8.93. The largest absolute Gasteiger partial charge is 0.468 e. The molecule has 0 aromatic heterocycles. The highest BCUT2D eigenvalue weighted by Crippen LogP contribution is 2.50. The van der Waals surface area contributed by atoms with Crippen molar-refractivity contribution in [1.29, 1.82) is 0 Å². The Morgan fingerprint density at radius 2 is 2.00 bits per heavy atom. The molecule has 2 fully saturated rings. The SMILES string of the molecule is COC(=O)C(NC1(C(F)(F)F)CC1)C1CC1. The molecule has 0 amide bonds. The predicted octanol–water partition coefficient (Wildman–Crippen LogP) is 1.62. The highest BCUT2D eigenvalue weighted by Gasteiger charge is 2.65. The molecule has 0 spiro atoms. The molecule has 0 radical (unpaired) electrons. The van der Waals surface area contributed by atoms with Crippen molar-refractivity contribution in [1.82, 2.24) is 5.32 Å². The second kappa shape index (κ2) is 3.61. The summed E-state index contributed by atoms with van der Waals surface area (Å²) < 4.78 is 42.6. The van der Waals surface area contributed by atoms with Crippen LogP contribution in [0.2, 0.25) is 0 Å². The summed E-state index contributed by atoms with van der Waals surface area (Å²) in [5.74, 6) is -0.578. The summed E-state index contributed by atoms with van der Waals surface area (Å²) in [7, 11) is 1.20. The van der Waals surface area contributed by atoms with Crippen LogP contribution in [0.3, 0.4) is 0 Å². The third-order valence-corrected chi connectivity index (χ3v) is 3.27. The van der Waals surface area contributed by atoms with E-state index in [4.69, 9.17) is 0 Å². The average Bonchev–Trinajstić information content (AvgIpc) is 3.02. The topological polar surface area (TPSA) is 38.3 Å². The van der Waals surface area contributed by atoms with Gasteiger partial charge in [-0.1, -0.05) is 0 Å². The number of rotatable bonds is 4. The van der Waals surface area contributed by atoms with Crippen LogP contribution in [0.25, 0.3) is 0 Å². The number of hydrogen-bond donors (Lipinski definition) is 1. The molecule has 1 N–H and O–H groups in total.